The third-order valence-corrected chi connectivity index (χ3v) is 10.8. The number of fused-ring (bicyclic) bond motifs is 2. The van der Waals surface area contributed by atoms with Gasteiger partial charge in [0.1, 0.15) is 24.3 Å². The molecule has 2 aliphatic heterocycles. The number of carbonyl (C=O) groups excluding carboxylic acids is 4. The van der Waals surface area contributed by atoms with E-state index in [4.69, 9.17) is 30.4 Å². The van der Waals surface area contributed by atoms with Crippen molar-refractivity contribution in [1.29, 1.82) is 10.5 Å². The molecule has 0 fully saturated rings. The Labute approximate surface area is 371 Å². The summed E-state index contributed by atoms with van der Waals surface area (Å²) >= 11 is 0. The summed E-state index contributed by atoms with van der Waals surface area (Å²) < 4.78 is 22.4. The van der Waals surface area contributed by atoms with Gasteiger partial charge in [0.05, 0.1) is 59.9 Å². The van der Waals surface area contributed by atoms with E-state index in [0.717, 1.165) is 11.1 Å². The van der Waals surface area contributed by atoms with Gasteiger partial charge in [-0.05, 0) is 99.2 Å². The molecule has 16 nitrogen and oxygen atoms in total. The van der Waals surface area contributed by atoms with Crippen LogP contribution < -0.4 is 21.3 Å². The predicted molar refractivity (Wildman–Crippen MR) is 234 cm³/mol. The van der Waals surface area contributed by atoms with Crippen LogP contribution in [0.15, 0.2) is 84.9 Å². The van der Waals surface area contributed by atoms with Crippen molar-refractivity contribution in [2.24, 2.45) is 11.5 Å². The molecule has 0 saturated carbocycles. The largest absolute Gasteiger partial charge is 0.462 e. The lowest BCUT2D eigenvalue weighted by atomic mass is 9.98. The summed E-state index contributed by atoms with van der Waals surface area (Å²) in [4.78, 5) is 55.7. The van der Waals surface area contributed by atoms with Gasteiger partial charge >= 0.3 is 23.9 Å². The van der Waals surface area contributed by atoms with Crippen LogP contribution in [0.3, 0.4) is 0 Å². The summed E-state index contributed by atoms with van der Waals surface area (Å²) in [7, 11) is 0. The molecule has 4 aromatic carbocycles. The van der Waals surface area contributed by atoms with Crippen LogP contribution in [0.1, 0.15) is 93.0 Å². The van der Waals surface area contributed by atoms with Crippen molar-refractivity contribution in [2.75, 3.05) is 49.2 Å². The van der Waals surface area contributed by atoms with Gasteiger partial charge in [-0.15, -0.1) is 0 Å². The van der Waals surface area contributed by atoms with Crippen LogP contribution in [-0.2, 0) is 41.4 Å². The lowest BCUT2D eigenvalue weighted by Crippen LogP contribution is -2.43. The molecule has 2 heterocycles. The molecule has 6 rings (SSSR count). The van der Waals surface area contributed by atoms with Crippen molar-refractivity contribution in [1.82, 2.24) is 0 Å². The Morgan fingerprint density at radius 2 is 1.03 bits per heavy atom. The zero-order valence-electron chi connectivity index (χ0n) is 35.7. The maximum absolute atomic E-state index is 13.6. The van der Waals surface area contributed by atoms with Crippen LogP contribution in [0.4, 0.5) is 11.4 Å². The molecule has 0 aromatic heterocycles. The fourth-order valence-corrected chi connectivity index (χ4v) is 8.01. The van der Waals surface area contributed by atoms with Crippen LogP contribution in [-0.4, -0.2) is 97.8 Å². The number of nitrogens with zero attached hydrogens (tertiary/aromatic N) is 4. The molecule has 4 aromatic rings. The average molecular weight is 873 g/mol. The molecule has 16 heteroatoms. The number of esters is 4. The number of nitrogens with two attached hydrogens (primary N) is 2. The van der Waals surface area contributed by atoms with E-state index in [0.29, 0.717) is 83.5 Å². The van der Waals surface area contributed by atoms with Gasteiger partial charge in [-0.1, -0.05) is 36.4 Å². The van der Waals surface area contributed by atoms with Crippen molar-refractivity contribution in [2.45, 2.75) is 76.0 Å². The highest BCUT2D eigenvalue weighted by molar-refractivity contribution is 5.90. The lowest BCUT2D eigenvalue weighted by Gasteiger charge is -2.22. The summed E-state index contributed by atoms with van der Waals surface area (Å²) in [6.07, 6.45) is -5.21. The number of carbonyl (C=O) groups is 4. The van der Waals surface area contributed by atoms with E-state index in [2.05, 4.69) is 12.1 Å². The molecule has 2 aliphatic rings. The summed E-state index contributed by atoms with van der Waals surface area (Å²) in [5.41, 5.74) is 17.0. The molecule has 0 aliphatic carbocycles. The van der Waals surface area contributed by atoms with Crippen molar-refractivity contribution in [3.8, 4) is 12.1 Å². The zero-order chi connectivity index (χ0) is 45.9. The highest BCUT2D eigenvalue weighted by atomic mass is 16.6. The van der Waals surface area contributed by atoms with Gasteiger partial charge < -0.3 is 50.4 Å². The second-order valence-electron chi connectivity index (χ2n) is 16.1. The Morgan fingerprint density at radius 3 is 1.38 bits per heavy atom. The maximum Gasteiger partial charge on any atom is 0.339 e. The Morgan fingerprint density at radius 1 is 0.656 bits per heavy atom. The minimum atomic E-state index is -2.36. The predicted octanol–water partition coefficient (Wildman–Crippen LogP) is 3.93. The molecule has 0 saturated heterocycles. The number of hydrogen-bond acceptors (Lipinski definition) is 16. The number of aliphatic hydroxyl groups excluding tert-OH is 2. The van der Waals surface area contributed by atoms with Gasteiger partial charge in [0, 0.05) is 36.3 Å². The molecular weight excluding hydrogens is 821 g/mol. The Hall–Kier alpha value is -6.82. The Bertz CT molecular complexity index is 2230. The van der Waals surface area contributed by atoms with Gasteiger partial charge in [0.15, 0.2) is 12.2 Å². The molecule has 4 unspecified atom stereocenters. The van der Waals surface area contributed by atoms with Gasteiger partial charge in [0.25, 0.3) is 0 Å². The van der Waals surface area contributed by atoms with Crippen LogP contribution in [0.25, 0.3) is 0 Å². The van der Waals surface area contributed by atoms with Crippen molar-refractivity contribution in [3.63, 3.8) is 0 Å². The van der Waals surface area contributed by atoms with Crippen LogP contribution in [0.2, 0.25) is 0 Å². The molecule has 334 valence electrons. The molecule has 0 spiro atoms. The monoisotopic (exact) mass is 872 g/mol. The lowest BCUT2D eigenvalue weighted by molar-refractivity contribution is -0.178. The van der Waals surface area contributed by atoms with Gasteiger partial charge in [-0.2, -0.15) is 10.5 Å². The van der Waals surface area contributed by atoms with E-state index in [1.54, 1.807) is 84.9 Å². The molecular formula is C48H52N6O10. The van der Waals surface area contributed by atoms with Gasteiger partial charge in [-0.3, -0.25) is 0 Å². The van der Waals surface area contributed by atoms with Crippen molar-refractivity contribution in [3.05, 3.63) is 129 Å². The standard InChI is InChI=1S/C48H52N6O10/c1-29(51)19-31-21-35(25-49)41-37(23-31)39(27-53(41)15-9-17-61-45(57)33-11-5-3-6-12-33)63-47(59)43(55)44(56)48(60)64-40-28-54(16-10-18-62-46(58)34-13-7-4-8-14-34)42-36(26-50)22-32(20-30(2)52)24-38(40)42/h3-8,11-14,21-24,29-30,39-40,43-44,55-56H,9-10,15-20,27-28,51-52H2,1-2H3/t29-,30-,39?,40?,43?,44?/m1/s1. The fraction of sp³-hybridized carbons (Fsp3) is 0.375. The van der Waals surface area contributed by atoms with E-state index < -0.39 is 48.3 Å². The maximum atomic E-state index is 13.6. The summed E-state index contributed by atoms with van der Waals surface area (Å²) in [5.74, 6) is -3.57. The van der Waals surface area contributed by atoms with Crippen LogP contribution in [0.5, 0.6) is 0 Å². The minimum absolute atomic E-state index is 0.0579. The van der Waals surface area contributed by atoms with E-state index in [1.807, 2.05) is 23.6 Å². The fourth-order valence-electron chi connectivity index (χ4n) is 8.01. The minimum Gasteiger partial charge on any atom is -0.462 e. The second-order valence-corrected chi connectivity index (χ2v) is 16.1. The van der Waals surface area contributed by atoms with E-state index in [9.17, 15) is 39.9 Å². The topological polar surface area (TPSA) is 252 Å². The number of aliphatic hydroxyl groups is 2. The highest BCUT2D eigenvalue weighted by Gasteiger charge is 2.41. The SMILES string of the molecule is C[C@@H](N)Cc1cc(C#N)c2c(c1)C(OC(=O)C(O)C(O)C(=O)OC1CN(CCCOC(=O)c3ccccc3)c3c(C#N)cc(C[C@@H](C)N)cc31)CN2CCCOC(=O)c1ccccc1. The molecule has 6 atom stereocenters. The number of ether oxygens (including phenoxy) is 4. The average Bonchev–Trinajstić information content (AvgIpc) is 3.81. The molecule has 0 bridgehead atoms. The first kappa shape index (κ1) is 46.7. The number of nitriles is 2. The summed E-state index contributed by atoms with van der Waals surface area (Å²) in [5, 5.41) is 42.5. The quantitative estimate of drug-likeness (QED) is 0.0592. The smallest absolute Gasteiger partial charge is 0.339 e. The van der Waals surface area contributed by atoms with Gasteiger partial charge in [0.2, 0.25) is 0 Å². The first-order chi connectivity index (χ1) is 30.8. The first-order valence-corrected chi connectivity index (χ1v) is 21.1. The molecule has 64 heavy (non-hydrogen) atoms. The number of hydrogen-bond donors (Lipinski definition) is 4. The third kappa shape index (κ3) is 11.4. The van der Waals surface area contributed by atoms with E-state index in [-0.39, 0.29) is 38.4 Å². The third-order valence-electron chi connectivity index (χ3n) is 10.8. The summed E-state index contributed by atoms with van der Waals surface area (Å²) in [6, 6.07) is 28.0. The van der Waals surface area contributed by atoms with E-state index in [1.165, 1.54) is 0 Å². The zero-order valence-corrected chi connectivity index (χ0v) is 35.7. The van der Waals surface area contributed by atoms with Crippen molar-refractivity contribution >= 4 is 35.3 Å². The molecule has 0 radical (unpaired) electrons. The Kier molecular flexibility index (Phi) is 15.7. The van der Waals surface area contributed by atoms with Gasteiger partial charge in [-0.25, -0.2) is 19.2 Å². The molecule has 0 amide bonds. The Balaban J connectivity index is 1.13. The number of anilines is 2. The van der Waals surface area contributed by atoms with Crippen LogP contribution >= 0.6 is 0 Å². The number of rotatable bonds is 19. The summed E-state index contributed by atoms with van der Waals surface area (Å²) in [6.45, 7) is 4.49. The normalized spacial score (nSPS) is 16.9. The second kappa shape index (κ2) is 21.5. The molecule has 6 N–H and O–H groups in total. The van der Waals surface area contributed by atoms with Crippen molar-refractivity contribution < 1.29 is 48.3 Å². The first-order valence-electron chi connectivity index (χ1n) is 21.1. The van der Waals surface area contributed by atoms with Crippen LogP contribution in [0, 0.1) is 22.7 Å². The number of benzene rings is 4. The highest BCUT2D eigenvalue weighted by Crippen LogP contribution is 2.42. The van der Waals surface area contributed by atoms with E-state index >= 15 is 0 Å².